The number of halogens is 15. The fourth-order valence-corrected chi connectivity index (χ4v) is 2.97. The molecule has 0 saturated heterocycles. The van der Waals surface area contributed by atoms with E-state index in [0.29, 0.717) is 6.92 Å². The van der Waals surface area contributed by atoms with Crippen molar-refractivity contribution in [3.8, 4) is 0 Å². The van der Waals surface area contributed by atoms with Crippen molar-refractivity contribution in [3.63, 3.8) is 0 Å². The Balaban J connectivity index is 3.57. The van der Waals surface area contributed by atoms with E-state index in [1.807, 2.05) is 0 Å². The van der Waals surface area contributed by atoms with Crippen LogP contribution in [0.15, 0.2) is 24.3 Å². The Hall–Kier alpha value is -1.87. The molecule has 1 N–H and O–H groups in total. The summed E-state index contributed by atoms with van der Waals surface area (Å²) in [4.78, 5) is 0. The van der Waals surface area contributed by atoms with Crippen LogP contribution in [-0.2, 0) is 11.0 Å². The highest BCUT2D eigenvalue weighted by molar-refractivity contribution is 5.32. The van der Waals surface area contributed by atoms with Crippen molar-refractivity contribution in [3.05, 3.63) is 35.4 Å². The van der Waals surface area contributed by atoms with Gasteiger partial charge in [-0.2, -0.15) is 65.9 Å². The Labute approximate surface area is 194 Å². The van der Waals surface area contributed by atoms with Crippen molar-refractivity contribution in [2.75, 3.05) is 0 Å². The molecule has 1 rings (SSSR count). The predicted octanol–water partition coefficient (Wildman–Crippen LogP) is 7.96. The molecule has 0 heterocycles. The molecule has 16 heteroatoms. The van der Waals surface area contributed by atoms with E-state index in [4.69, 9.17) is 0 Å². The minimum Gasteiger partial charge on any atom is -0.385 e. The molecule has 0 amide bonds. The number of rotatable bonds is 8. The number of benzene rings is 1. The van der Waals surface area contributed by atoms with Crippen LogP contribution < -0.4 is 0 Å². The van der Waals surface area contributed by atoms with Crippen molar-refractivity contribution >= 4 is 0 Å². The Bertz CT molecular complexity index is 939. The van der Waals surface area contributed by atoms with E-state index in [-0.39, 0.29) is 5.56 Å². The van der Waals surface area contributed by atoms with Gasteiger partial charge in [-0.15, -0.1) is 0 Å². The second-order valence-electron chi connectivity index (χ2n) is 9.36. The summed E-state index contributed by atoms with van der Waals surface area (Å²) in [6, 6.07) is 4.29. The summed E-state index contributed by atoms with van der Waals surface area (Å²) in [6.07, 6.45) is -10.5. The lowest BCUT2D eigenvalue weighted by Gasteiger charge is -2.42. The normalized spacial score (nSPS) is 17.2. The topological polar surface area (TPSA) is 20.2 Å². The lowest BCUT2D eigenvalue weighted by atomic mass is 9.80. The third kappa shape index (κ3) is 4.85. The maximum absolute atomic E-state index is 14.3. The van der Waals surface area contributed by atoms with Gasteiger partial charge in [0.2, 0.25) is 0 Å². The molecule has 0 spiro atoms. The van der Waals surface area contributed by atoms with Crippen LogP contribution in [0, 0.1) is 0 Å². The third-order valence-corrected chi connectivity index (χ3v) is 5.31. The van der Waals surface area contributed by atoms with Crippen LogP contribution in [0.5, 0.6) is 0 Å². The second kappa shape index (κ2) is 8.58. The molecule has 0 fully saturated rings. The van der Waals surface area contributed by atoms with Crippen molar-refractivity contribution in [1.29, 1.82) is 0 Å². The van der Waals surface area contributed by atoms with Crippen molar-refractivity contribution in [2.24, 2.45) is 0 Å². The molecule has 0 aliphatic carbocycles. The number of alkyl halides is 15. The number of hydrogen-bond acceptors (Lipinski definition) is 1. The molecule has 1 unspecified atom stereocenters. The van der Waals surface area contributed by atoms with Crippen LogP contribution in [0.4, 0.5) is 65.9 Å². The van der Waals surface area contributed by atoms with Crippen molar-refractivity contribution in [1.82, 2.24) is 0 Å². The molecule has 0 aliphatic rings. The van der Waals surface area contributed by atoms with E-state index in [1.54, 1.807) is 20.8 Å². The van der Waals surface area contributed by atoms with E-state index in [2.05, 4.69) is 0 Å². The molecule has 0 aromatic heterocycles. The highest BCUT2D eigenvalue weighted by Crippen LogP contribution is 2.63. The second-order valence-corrected chi connectivity index (χ2v) is 9.36. The summed E-state index contributed by atoms with van der Waals surface area (Å²) >= 11 is 0. The van der Waals surface area contributed by atoms with E-state index in [1.165, 1.54) is 6.07 Å². The first kappa shape index (κ1) is 32.2. The van der Waals surface area contributed by atoms with Gasteiger partial charge in [0.1, 0.15) is 0 Å². The van der Waals surface area contributed by atoms with Crippen LogP contribution in [0.1, 0.15) is 45.2 Å². The van der Waals surface area contributed by atoms with Crippen LogP contribution >= 0.6 is 0 Å². The highest BCUT2D eigenvalue weighted by atomic mass is 19.4. The average Bonchev–Trinajstić information content (AvgIpc) is 2.65. The van der Waals surface area contributed by atoms with Gasteiger partial charge < -0.3 is 5.11 Å². The van der Waals surface area contributed by atoms with Crippen LogP contribution in [0.25, 0.3) is 0 Å². The summed E-state index contributed by atoms with van der Waals surface area (Å²) < 4.78 is 200. The fraction of sp³-hybridized carbons (Fsp3) is 0.700. The Morgan fingerprint density at radius 2 is 0.917 bits per heavy atom. The molecule has 1 nitrogen and oxygen atoms in total. The van der Waals surface area contributed by atoms with Crippen LogP contribution in [0.2, 0.25) is 0 Å². The summed E-state index contributed by atoms with van der Waals surface area (Å²) in [5.74, 6) is -47.1. The van der Waals surface area contributed by atoms with Gasteiger partial charge in [0.15, 0.2) is 0 Å². The number of hydrogen-bond donors (Lipinski definition) is 1. The lowest BCUT2D eigenvalue weighted by Crippen LogP contribution is -2.72. The van der Waals surface area contributed by atoms with Gasteiger partial charge in [0.05, 0.1) is 12.0 Å². The molecule has 1 aromatic carbocycles. The SMILES string of the molecule is CC(C)(C)c1cccc(C(C)(O)CC(F)(F)C(F)(F)C(F)(F)C(F)(F)C(F)(F)C(F)(F)C(F)(F)F)c1. The maximum Gasteiger partial charge on any atom is 0.460 e. The molecule has 0 aliphatic heterocycles. The van der Waals surface area contributed by atoms with E-state index in [0.717, 1.165) is 18.2 Å². The Kier molecular flexibility index (Phi) is 7.67. The minimum atomic E-state index is -8.36. The summed E-state index contributed by atoms with van der Waals surface area (Å²) in [5, 5.41) is 10.3. The molecule has 0 saturated carbocycles. The summed E-state index contributed by atoms with van der Waals surface area (Å²) in [6.45, 7) is 5.07. The first-order valence-corrected chi connectivity index (χ1v) is 9.59. The first-order chi connectivity index (χ1) is 15.4. The lowest BCUT2D eigenvalue weighted by molar-refractivity contribution is -0.453. The Morgan fingerprint density at radius 1 is 0.556 bits per heavy atom. The number of aliphatic hydroxyl groups is 1. The molecular formula is C20H19F15O. The smallest absolute Gasteiger partial charge is 0.385 e. The third-order valence-electron chi connectivity index (χ3n) is 5.31. The molecular weight excluding hydrogens is 541 g/mol. The molecule has 1 aromatic rings. The summed E-state index contributed by atoms with van der Waals surface area (Å²) in [7, 11) is 0. The fourth-order valence-electron chi connectivity index (χ4n) is 2.97. The first-order valence-electron chi connectivity index (χ1n) is 9.59. The standard InChI is InChI=1S/C20H19F15O/c1-12(2,3)10-6-5-7-11(8-10)13(4,36)9-14(21,22)15(23,24)16(25,26)17(27,28)18(29,30)19(31,32)20(33,34)35/h5-8,36H,9H2,1-4H3. The van der Waals surface area contributed by atoms with Gasteiger partial charge in [0, 0.05) is 0 Å². The minimum absolute atomic E-state index is 0.279. The molecule has 1 atom stereocenters. The quantitative estimate of drug-likeness (QED) is 0.320. The maximum atomic E-state index is 14.3. The van der Waals surface area contributed by atoms with Gasteiger partial charge in [-0.05, 0) is 23.5 Å². The molecule has 36 heavy (non-hydrogen) atoms. The zero-order chi connectivity index (χ0) is 29.2. The van der Waals surface area contributed by atoms with E-state index < -0.39 is 64.7 Å². The monoisotopic (exact) mass is 560 g/mol. The van der Waals surface area contributed by atoms with E-state index >= 15 is 0 Å². The highest BCUT2D eigenvalue weighted by Gasteiger charge is 2.93. The molecule has 0 radical (unpaired) electrons. The van der Waals surface area contributed by atoms with Crippen LogP contribution in [-0.4, -0.2) is 46.8 Å². The van der Waals surface area contributed by atoms with Gasteiger partial charge in [0.25, 0.3) is 0 Å². The van der Waals surface area contributed by atoms with Crippen molar-refractivity contribution in [2.45, 2.75) is 86.8 Å². The summed E-state index contributed by atoms with van der Waals surface area (Å²) in [5.41, 5.74) is -4.35. The largest absolute Gasteiger partial charge is 0.460 e. The molecule has 210 valence electrons. The van der Waals surface area contributed by atoms with E-state index in [9.17, 15) is 71.0 Å². The zero-order valence-corrected chi connectivity index (χ0v) is 18.6. The predicted molar refractivity (Wildman–Crippen MR) is 95.1 cm³/mol. The Morgan fingerprint density at radius 3 is 1.31 bits per heavy atom. The van der Waals surface area contributed by atoms with Gasteiger partial charge >= 0.3 is 41.7 Å². The average molecular weight is 560 g/mol. The van der Waals surface area contributed by atoms with Crippen molar-refractivity contribution < 1.29 is 71.0 Å². The van der Waals surface area contributed by atoms with Gasteiger partial charge in [-0.3, -0.25) is 0 Å². The van der Waals surface area contributed by atoms with Gasteiger partial charge in [-0.25, -0.2) is 0 Å². The van der Waals surface area contributed by atoms with Crippen LogP contribution in [0.3, 0.4) is 0 Å². The molecule has 0 bridgehead atoms. The van der Waals surface area contributed by atoms with Gasteiger partial charge in [-0.1, -0.05) is 45.0 Å². The zero-order valence-electron chi connectivity index (χ0n) is 18.6.